The Morgan fingerprint density at radius 3 is 2.37 bits per heavy atom. The van der Waals surface area contributed by atoms with Crippen LogP contribution in [0.4, 0.5) is 11.4 Å². The Bertz CT molecular complexity index is 723. The van der Waals surface area contributed by atoms with Gasteiger partial charge in [0, 0.05) is 28.3 Å². The van der Waals surface area contributed by atoms with E-state index in [4.69, 9.17) is 16.2 Å². The van der Waals surface area contributed by atoms with Crippen LogP contribution in [0.5, 0.6) is 11.5 Å². The number of hydrogen-bond acceptors (Lipinski definition) is 4. The van der Waals surface area contributed by atoms with Crippen LogP contribution in [0, 0.1) is 0 Å². The van der Waals surface area contributed by atoms with Crippen molar-refractivity contribution in [1.82, 2.24) is 4.98 Å². The van der Waals surface area contributed by atoms with Crippen molar-refractivity contribution in [2.75, 3.05) is 11.5 Å². The van der Waals surface area contributed by atoms with Crippen molar-refractivity contribution in [3.8, 4) is 11.5 Å². The van der Waals surface area contributed by atoms with Crippen molar-refractivity contribution in [1.29, 1.82) is 0 Å². The molecule has 0 aliphatic rings. The summed E-state index contributed by atoms with van der Waals surface area (Å²) in [6.07, 6.45) is 3.45. The third-order valence-corrected chi connectivity index (χ3v) is 2.85. The molecule has 1 heterocycles. The summed E-state index contributed by atoms with van der Waals surface area (Å²) in [5.74, 6) is 1.42. The summed E-state index contributed by atoms with van der Waals surface area (Å²) in [7, 11) is 0. The maximum atomic E-state index is 5.83. The Hall–Kier alpha value is -2.75. The molecule has 3 rings (SSSR count). The Morgan fingerprint density at radius 2 is 1.58 bits per heavy atom. The van der Waals surface area contributed by atoms with Crippen LogP contribution >= 0.6 is 0 Å². The van der Waals surface area contributed by atoms with E-state index in [0.717, 1.165) is 16.5 Å². The number of aromatic nitrogens is 1. The van der Waals surface area contributed by atoms with E-state index < -0.39 is 0 Å². The average molecular weight is 251 g/mol. The molecule has 0 atom stereocenters. The molecule has 3 aromatic rings. The van der Waals surface area contributed by atoms with Crippen LogP contribution in [-0.2, 0) is 0 Å². The minimum Gasteiger partial charge on any atom is -0.455 e. The van der Waals surface area contributed by atoms with Gasteiger partial charge in [0.05, 0.1) is 6.20 Å². The van der Waals surface area contributed by atoms with Crippen molar-refractivity contribution < 1.29 is 4.74 Å². The molecular weight excluding hydrogens is 238 g/mol. The highest BCUT2D eigenvalue weighted by molar-refractivity contribution is 5.89. The van der Waals surface area contributed by atoms with Gasteiger partial charge in [-0.1, -0.05) is 0 Å². The minimum absolute atomic E-state index is 0.697. The molecule has 0 aliphatic carbocycles. The molecule has 94 valence electrons. The lowest BCUT2D eigenvalue weighted by Crippen LogP contribution is -1.90. The monoisotopic (exact) mass is 251 g/mol. The van der Waals surface area contributed by atoms with Gasteiger partial charge < -0.3 is 16.2 Å². The number of nitrogen functional groups attached to an aromatic ring is 2. The number of pyridine rings is 1. The van der Waals surface area contributed by atoms with Gasteiger partial charge in [-0.3, -0.25) is 4.98 Å². The number of nitrogens with two attached hydrogens (primary N) is 2. The molecule has 0 saturated carbocycles. The molecule has 1 aromatic heterocycles. The number of nitrogens with zero attached hydrogens (tertiary/aromatic N) is 1. The van der Waals surface area contributed by atoms with Crippen molar-refractivity contribution in [3.63, 3.8) is 0 Å². The van der Waals surface area contributed by atoms with E-state index in [1.54, 1.807) is 24.5 Å². The summed E-state index contributed by atoms with van der Waals surface area (Å²) >= 11 is 0. The van der Waals surface area contributed by atoms with Gasteiger partial charge in [-0.25, -0.2) is 0 Å². The number of ether oxygens (including phenoxy) is 1. The first-order valence-corrected chi connectivity index (χ1v) is 5.89. The van der Waals surface area contributed by atoms with E-state index in [2.05, 4.69) is 4.98 Å². The first kappa shape index (κ1) is 11.3. The van der Waals surface area contributed by atoms with Crippen LogP contribution in [0.15, 0.2) is 54.9 Å². The van der Waals surface area contributed by atoms with E-state index >= 15 is 0 Å². The molecule has 0 saturated heterocycles. The van der Waals surface area contributed by atoms with E-state index in [1.165, 1.54) is 0 Å². The van der Waals surface area contributed by atoms with Crippen LogP contribution in [-0.4, -0.2) is 4.98 Å². The molecule has 4 N–H and O–H groups in total. The van der Waals surface area contributed by atoms with Gasteiger partial charge in [-0.05, 0) is 42.5 Å². The molecule has 19 heavy (non-hydrogen) atoms. The Balaban J connectivity index is 2.03. The van der Waals surface area contributed by atoms with Gasteiger partial charge >= 0.3 is 0 Å². The SMILES string of the molecule is Nc1ccc(Oc2cncc3cc(N)ccc23)cc1. The summed E-state index contributed by atoms with van der Waals surface area (Å²) in [5.41, 5.74) is 12.8. The fourth-order valence-electron chi connectivity index (χ4n) is 1.91. The second kappa shape index (κ2) is 4.49. The van der Waals surface area contributed by atoms with Crippen LogP contribution in [0.1, 0.15) is 0 Å². The molecule has 2 aromatic carbocycles. The summed E-state index contributed by atoms with van der Waals surface area (Å²) in [5, 5.41) is 1.92. The first-order valence-electron chi connectivity index (χ1n) is 5.89. The number of anilines is 2. The van der Waals surface area contributed by atoms with Gasteiger partial charge in [0.25, 0.3) is 0 Å². The smallest absolute Gasteiger partial charge is 0.153 e. The zero-order valence-electron chi connectivity index (χ0n) is 10.2. The highest BCUT2D eigenvalue weighted by Crippen LogP contribution is 2.30. The first-order chi connectivity index (χ1) is 9.22. The molecule has 4 nitrogen and oxygen atoms in total. The predicted molar refractivity (Wildman–Crippen MR) is 77.1 cm³/mol. The second-order valence-corrected chi connectivity index (χ2v) is 4.29. The highest BCUT2D eigenvalue weighted by Gasteiger charge is 2.04. The average Bonchev–Trinajstić information content (AvgIpc) is 2.41. The maximum Gasteiger partial charge on any atom is 0.153 e. The van der Waals surface area contributed by atoms with Crippen molar-refractivity contribution in [2.24, 2.45) is 0 Å². The van der Waals surface area contributed by atoms with E-state index in [-0.39, 0.29) is 0 Å². The van der Waals surface area contributed by atoms with Crippen LogP contribution in [0.2, 0.25) is 0 Å². The largest absolute Gasteiger partial charge is 0.455 e. The standard InChI is InChI=1S/C15H13N3O/c16-11-1-4-13(5-2-11)19-15-9-18-8-10-7-12(17)3-6-14(10)15/h1-9H,16-17H2. The van der Waals surface area contributed by atoms with Crippen molar-refractivity contribution >= 4 is 22.1 Å². The highest BCUT2D eigenvalue weighted by atomic mass is 16.5. The van der Waals surface area contributed by atoms with E-state index in [9.17, 15) is 0 Å². The van der Waals surface area contributed by atoms with Crippen molar-refractivity contribution in [3.05, 3.63) is 54.9 Å². The lowest BCUT2D eigenvalue weighted by molar-refractivity contribution is 0.486. The lowest BCUT2D eigenvalue weighted by atomic mass is 10.1. The molecular formula is C15H13N3O. The van der Waals surface area contributed by atoms with Crippen LogP contribution in [0.3, 0.4) is 0 Å². The fraction of sp³-hybridized carbons (Fsp3) is 0. The quantitative estimate of drug-likeness (QED) is 0.686. The topological polar surface area (TPSA) is 74.2 Å². The number of hydrogen-bond donors (Lipinski definition) is 2. The normalized spacial score (nSPS) is 10.5. The van der Waals surface area contributed by atoms with Gasteiger partial charge in [-0.2, -0.15) is 0 Å². The van der Waals surface area contributed by atoms with Crippen molar-refractivity contribution in [2.45, 2.75) is 0 Å². The maximum absolute atomic E-state index is 5.83. The molecule has 0 amide bonds. The third kappa shape index (κ3) is 2.28. The number of benzene rings is 2. The number of rotatable bonds is 2. The summed E-state index contributed by atoms with van der Waals surface area (Å²) in [6, 6.07) is 12.9. The zero-order valence-corrected chi connectivity index (χ0v) is 10.2. The van der Waals surface area contributed by atoms with Gasteiger partial charge in [0.15, 0.2) is 5.75 Å². The molecule has 0 fully saturated rings. The lowest BCUT2D eigenvalue weighted by Gasteiger charge is -2.09. The van der Waals surface area contributed by atoms with Gasteiger partial charge in [-0.15, -0.1) is 0 Å². The van der Waals surface area contributed by atoms with E-state index in [0.29, 0.717) is 17.1 Å². The summed E-state index contributed by atoms with van der Waals surface area (Å²) in [6.45, 7) is 0. The molecule has 4 heteroatoms. The summed E-state index contributed by atoms with van der Waals surface area (Å²) in [4.78, 5) is 4.16. The zero-order chi connectivity index (χ0) is 13.2. The molecule has 0 radical (unpaired) electrons. The third-order valence-electron chi connectivity index (χ3n) is 2.85. The predicted octanol–water partition coefficient (Wildman–Crippen LogP) is 3.19. The summed E-state index contributed by atoms with van der Waals surface area (Å²) < 4.78 is 5.83. The van der Waals surface area contributed by atoms with Gasteiger partial charge in [0.2, 0.25) is 0 Å². The van der Waals surface area contributed by atoms with Crippen LogP contribution in [0.25, 0.3) is 10.8 Å². The molecule has 0 bridgehead atoms. The number of fused-ring (bicyclic) bond motifs is 1. The minimum atomic E-state index is 0.697. The van der Waals surface area contributed by atoms with E-state index in [1.807, 2.05) is 30.3 Å². The molecule has 0 unspecified atom stereocenters. The Labute approximate surface area is 110 Å². The molecule has 0 spiro atoms. The fourth-order valence-corrected chi connectivity index (χ4v) is 1.91. The molecule has 0 aliphatic heterocycles. The Morgan fingerprint density at radius 1 is 0.842 bits per heavy atom. The second-order valence-electron chi connectivity index (χ2n) is 4.29. The van der Waals surface area contributed by atoms with Crippen LogP contribution < -0.4 is 16.2 Å². The Kier molecular flexibility index (Phi) is 2.68. The van der Waals surface area contributed by atoms with Gasteiger partial charge in [0.1, 0.15) is 5.75 Å².